The van der Waals surface area contributed by atoms with Crippen molar-refractivity contribution in [1.29, 1.82) is 0 Å². The van der Waals surface area contributed by atoms with Gasteiger partial charge < -0.3 is 9.84 Å². The molecule has 13 heavy (non-hydrogen) atoms. The van der Waals surface area contributed by atoms with Gasteiger partial charge >= 0.3 is 5.97 Å². The third kappa shape index (κ3) is 4.68. The predicted molar refractivity (Wildman–Crippen MR) is 51.6 cm³/mol. The fourth-order valence-electron chi connectivity index (χ4n) is 1.08. The van der Waals surface area contributed by atoms with Crippen molar-refractivity contribution < 1.29 is 14.6 Å². The second-order valence-corrected chi connectivity index (χ2v) is 3.40. The standard InChI is InChI=1S/C10H18O3/c1-5-13-9(6-7(2)3)8(4)10(11)12/h7,9H,4-6H2,1-3H3,(H,11,12). The van der Waals surface area contributed by atoms with Crippen LogP contribution in [0, 0.1) is 5.92 Å². The highest BCUT2D eigenvalue weighted by atomic mass is 16.5. The largest absolute Gasteiger partial charge is 0.478 e. The normalized spacial score (nSPS) is 12.9. The first-order valence-electron chi connectivity index (χ1n) is 4.52. The van der Waals surface area contributed by atoms with Gasteiger partial charge in [-0.25, -0.2) is 4.79 Å². The molecule has 0 spiro atoms. The Morgan fingerprint density at radius 2 is 2.08 bits per heavy atom. The molecule has 3 heteroatoms. The number of carbonyl (C=O) groups is 1. The molecule has 0 radical (unpaired) electrons. The average molecular weight is 186 g/mol. The summed E-state index contributed by atoms with van der Waals surface area (Å²) in [6.07, 6.45) is 0.362. The summed E-state index contributed by atoms with van der Waals surface area (Å²) in [5, 5.41) is 8.71. The monoisotopic (exact) mass is 186 g/mol. The SMILES string of the molecule is C=C(C(=O)O)C(CC(C)C)OCC. The number of carboxylic acids is 1. The summed E-state index contributed by atoms with van der Waals surface area (Å²) in [5.74, 6) is -0.563. The van der Waals surface area contributed by atoms with Gasteiger partial charge in [-0.2, -0.15) is 0 Å². The molecule has 76 valence electrons. The lowest BCUT2D eigenvalue weighted by Gasteiger charge is -2.18. The molecule has 0 heterocycles. The lowest BCUT2D eigenvalue weighted by atomic mass is 10.0. The van der Waals surface area contributed by atoms with E-state index in [0.717, 1.165) is 0 Å². The van der Waals surface area contributed by atoms with E-state index in [-0.39, 0.29) is 11.7 Å². The molecule has 0 aliphatic rings. The Balaban J connectivity index is 4.23. The molecule has 3 nitrogen and oxygen atoms in total. The highest BCUT2D eigenvalue weighted by Crippen LogP contribution is 2.15. The van der Waals surface area contributed by atoms with Gasteiger partial charge in [-0.1, -0.05) is 20.4 Å². The third-order valence-electron chi connectivity index (χ3n) is 1.72. The molecule has 0 amide bonds. The lowest BCUT2D eigenvalue weighted by Crippen LogP contribution is -2.22. The van der Waals surface area contributed by atoms with Gasteiger partial charge in [-0.05, 0) is 19.3 Å². The van der Waals surface area contributed by atoms with Crippen molar-refractivity contribution >= 4 is 5.97 Å². The molecule has 1 atom stereocenters. The van der Waals surface area contributed by atoms with E-state index in [1.54, 1.807) is 0 Å². The number of rotatable bonds is 6. The van der Waals surface area contributed by atoms with Crippen LogP contribution in [0.5, 0.6) is 0 Å². The zero-order chi connectivity index (χ0) is 10.4. The lowest BCUT2D eigenvalue weighted by molar-refractivity contribution is -0.134. The van der Waals surface area contributed by atoms with E-state index in [1.807, 2.05) is 20.8 Å². The van der Waals surface area contributed by atoms with Crippen molar-refractivity contribution in [2.24, 2.45) is 5.92 Å². The number of hydrogen-bond acceptors (Lipinski definition) is 2. The fraction of sp³-hybridized carbons (Fsp3) is 0.700. The zero-order valence-corrected chi connectivity index (χ0v) is 8.54. The Labute approximate surface area is 79.4 Å². The van der Waals surface area contributed by atoms with Gasteiger partial charge in [-0.15, -0.1) is 0 Å². The molecule has 0 aromatic rings. The van der Waals surface area contributed by atoms with Crippen LogP contribution in [0.25, 0.3) is 0 Å². The summed E-state index contributed by atoms with van der Waals surface area (Å²) in [7, 11) is 0. The van der Waals surface area contributed by atoms with Crippen molar-refractivity contribution in [3.8, 4) is 0 Å². The van der Waals surface area contributed by atoms with E-state index in [0.29, 0.717) is 18.9 Å². The molecular formula is C10H18O3. The van der Waals surface area contributed by atoms with Gasteiger partial charge in [0.25, 0.3) is 0 Å². The zero-order valence-electron chi connectivity index (χ0n) is 8.54. The quantitative estimate of drug-likeness (QED) is 0.646. The second-order valence-electron chi connectivity index (χ2n) is 3.40. The Kier molecular flexibility index (Phi) is 5.39. The molecule has 0 aliphatic heterocycles. The van der Waals surface area contributed by atoms with Gasteiger partial charge in [0.05, 0.1) is 11.7 Å². The first-order chi connectivity index (χ1) is 5.99. The predicted octanol–water partition coefficient (Wildman–Crippen LogP) is 2.08. The molecule has 0 saturated carbocycles. The summed E-state index contributed by atoms with van der Waals surface area (Å²) in [6, 6.07) is 0. The first kappa shape index (κ1) is 12.2. The van der Waals surface area contributed by atoms with Gasteiger partial charge in [0.15, 0.2) is 0 Å². The minimum absolute atomic E-state index is 0.149. The molecule has 1 N–H and O–H groups in total. The van der Waals surface area contributed by atoms with Gasteiger partial charge in [0.2, 0.25) is 0 Å². The number of carboxylic acid groups (broad SMARTS) is 1. The van der Waals surface area contributed by atoms with Crippen molar-refractivity contribution in [3.05, 3.63) is 12.2 Å². The van der Waals surface area contributed by atoms with E-state index in [9.17, 15) is 4.79 Å². The summed E-state index contributed by atoms with van der Waals surface area (Å²) in [6.45, 7) is 9.93. The molecule has 0 aliphatic carbocycles. The van der Waals surface area contributed by atoms with Crippen LogP contribution < -0.4 is 0 Å². The molecule has 0 saturated heterocycles. The van der Waals surface area contributed by atoms with Crippen LogP contribution in [-0.4, -0.2) is 23.8 Å². The van der Waals surface area contributed by atoms with E-state index in [1.165, 1.54) is 0 Å². The Morgan fingerprint density at radius 3 is 2.38 bits per heavy atom. The summed E-state index contributed by atoms with van der Waals surface area (Å²) in [5.41, 5.74) is 0.149. The number of aliphatic carboxylic acids is 1. The molecule has 0 fully saturated rings. The summed E-state index contributed by atoms with van der Waals surface area (Å²) < 4.78 is 5.30. The van der Waals surface area contributed by atoms with Gasteiger partial charge in [0.1, 0.15) is 0 Å². The number of ether oxygens (including phenoxy) is 1. The van der Waals surface area contributed by atoms with Crippen LogP contribution >= 0.6 is 0 Å². The first-order valence-corrected chi connectivity index (χ1v) is 4.52. The van der Waals surface area contributed by atoms with Crippen LogP contribution in [-0.2, 0) is 9.53 Å². The van der Waals surface area contributed by atoms with Crippen molar-refractivity contribution in [3.63, 3.8) is 0 Å². The van der Waals surface area contributed by atoms with Crippen molar-refractivity contribution in [1.82, 2.24) is 0 Å². The van der Waals surface area contributed by atoms with E-state index in [4.69, 9.17) is 9.84 Å². The maximum atomic E-state index is 10.6. The van der Waals surface area contributed by atoms with Crippen LogP contribution in [0.3, 0.4) is 0 Å². The average Bonchev–Trinajstić information content (AvgIpc) is 2.01. The Bertz CT molecular complexity index is 185. The highest BCUT2D eigenvalue weighted by molar-refractivity contribution is 5.86. The van der Waals surface area contributed by atoms with Crippen LogP contribution in [0.15, 0.2) is 12.2 Å². The van der Waals surface area contributed by atoms with E-state index in [2.05, 4.69) is 6.58 Å². The van der Waals surface area contributed by atoms with Crippen LogP contribution in [0.2, 0.25) is 0 Å². The number of hydrogen-bond donors (Lipinski definition) is 1. The van der Waals surface area contributed by atoms with Gasteiger partial charge in [-0.3, -0.25) is 0 Å². The minimum Gasteiger partial charge on any atom is -0.478 e. The van der Waals surface area contributed by atoms with Crippen LogP contribution in [0.4, 0.5) is 0 Å². The van der Waals surface area contributed by atoms with Gasteiger partial charge in [0, 0.05) is 6.61 Å². The molecule has 0 aromatic carbocycles. The summed E-state index contributed by atoms with van der Waals surface area (Å²) >= 11 is 0. The molecule has 0 aromatic heterocycles. The maximum Gasteiger partial charge on any atom is 0.333 e. The molecule has 0 rings (SSSR count). The summed E-state index contributed by atoms with van der Waals surface area (Å²) in [4.78, 5) is 10.6. The second kappa shape index (κ2) is 5.75. The van der Waals surface area contributed by atoms with Crippen molar-refractivity contribution in [2.45, 2.75) is 33.3 Å². The molecule has 1 unspecified atom stereocenters. The third-order valence-corrected chi connectivity index (χ3v) is 1.72. The Hall–Kier alpha value is -0.830. The highest BCUT2D eigenvalue weighted by Gasteiger charge is 2.19. The topological polar surface area (TPSA) is 46.5 Å². The molecule has 0 bridgehead atoms. The Morgan fingerprint density at radius 1 is 1.54 bits per heavy atom. The minimum atomic E-state index is -0.973. The van der Waals surface area contributed by atoms with Crippen molar-refractivity contribution in [2.75, 3.05) is 6.61 Å². The smallest absolute Gasteiger partial charge is 0.333 e. The van der Waals surface area contributed by atoms with E-state index >= 15 is 0 Å². The molecular weight excluding hydrogens is 168 g/mol. The van der Waals surface area contributed by atoms with Crippen LogP contribution in [0.1, 0.15) is 27.2 Å². The maximum absolute atomic E-state index is 10.6. The fourth-order valence-corrected chi connectivity index (χ4v) is 1.08. The van der Waals surface area contributed by atoms with E-state index < -0.39 is 5.97 Å².